The van der Waals surface area contributed by atoms with Gasteiger partial charge in [0.05, 0.1) is 11.4 Å². The normalized spacial score (nSPS) is 11.5. The molecule has 0 aromatic heterocycles. The van der Waals surface area contributed by atoms with Crippen molar-refractivity contribution >= 4 is 66.4 Å². The van der Waals surface area contributed by atoms with Crippen molar-refractivity contribution < 1.29 is 0 Å². The van der Waals surface area contributed by atoms with Gasteiger partial charge in [-0.25, -0.2) is 0 Å². The van der Waals surface area contributed by atoms with Gasteiger partial charge in [-0.2, -0.15) is 0 Å². The standard InChI is InChI=1S/C102H102N2/c1-9-13-17-25-75-35-37-85(27-19-15-11-3)95(67-75)87-51-47-81(48-52-87)77-39-43-79(44-40-77)83-55-59-89(60-56-83)103(99-63-33-71(5)65-73(99)7)101-69-97-92-30-22-24-32-94(92)102(70-98(97)91-29-21-23-31-93(91)101)104(100-64-34-72(6)66-74(100)8)90-61-57-84(58-62-90)80-45-41-78(42-46-80)82-49-53-88(54-50-82)96-68-76(26-18-14-10-2)36-38-86(96)28-20-16-12-4/h21-24,29-70H,9-20,25-28H2,1-8H3. The van der Waals surface area contributed by atoms with E-state index in [4.69, 9.17) is 0 Å². The van der Waals surface area contributed by atoms with Gasteiger partial charge in [0, 0.05) is 33.5 Å². The number of anilines is 6. The molecule has 104 heavy (non-hydrogen) atoms. The Morgan fingerprint density at radius 2 is 0.510 bits per heavy atom. The number of aryl methyl sites for hydroxylation is 8. The maximum Gasteiger partial charge on any atom is 0.0546 e. The highest BCUT2D eigenvalue weighted by Gasteiger charge is 2.25. The number of fused-ring (bicyclic) bond motifs is 5. The Morgan fingerprint density at radius 1 is 0.221 bits per heavy atom. The quantitative estimate of drug-likeness (QED) is 0.0356. The molecule has 0 aliphatic heterocycles. The Labute approximate surface area is 620 Å². The highest BCUT2D eigenvalue weighted by Crippen LogP contribution is 2.49. The van der Waals surface area contributed by atoms with Crippen LogP contribution in [-0.2, 0) is 25.7 Å². The predicted octanol–water partition coefficient (Wildman–Crippen LogP) is 30.3. The van der Waals surface area contributed by atoms with Crippen molar-refractivity contribution in [3.63, 3.8) is 0 Å². The third-order valence-corrected chi connectivity index (χ3v) is 21.8. The minimum atomic E-state index is 1.11. The molecule has 0 saturated heterocycles. The fourth-order valence-corrected chi connectivity index (χ4v) is 16.0. The van der Waals surface area contributed by atoms with Crippen molar-refractivity contribution in [2.24, 2.45) is 0 Å². The highest BCUT2D eigenvalue weighted by molar-refractivity contribution is 6.24. The number of nitrogens with zero attached hydrogens (tertiary/aromatic N) is 2. The number of benzene rings is 14. The molecule has 2 heteroatoms. The smallest absolute Gasteiger partial charge is 0.0546 e. The summed E-state index contributed by atoms with van der Waals surface area (Å²) in [6.45, 7) is 18.1. The van der Waals surface area contributed by atoms with E-state index < -0.39 is 0 Å². The van der Waals surface area contributed by atoms with Gasteiger partial charge in [-0.3, -0.25) is 0 Å². The Kier molecular flexibility index (Phi) is 22.3. The zero-order valence-electron chi connectivity index (χ0n) is 62.8. The molecule has 14 aromatic carbocycles. The van der Waals surface area contributed by atoms with Gasteiger partial charge in [-0.1, -0.05) is 321 Å². The second-order valence-electron chi connectivity index (χ2n) is 29.4. The van der Waals surface area contributed by atoms with Crippen LogP contribution in [-0.4, -0.2) is 0 Å². The van der Waals surface area contributed by atoms with Crippen molar-refractivity contribution in [3.05, 3.63) is 324 Å². The van der Waals surface area contributed by atoms with Crippen LogP contribution in [0, 0.1) is 27.7 Å². The van der Waals surface area contributed by atoms with Gasteiger partial charge < -0.3 is 9.80 Å². The van der Waals surface area contributed by atoms with Gasteiger partial charge in [-0.15, -0.1) is 0 Å². The fraction of sp³-hybridized carbons (Fsp3) is 0.235. The largest absolute Gasteiger partial charge is 0.310 e. The number of hydrogen-bond acceptors (Lipinski definition) is 2. The first-order valence-corrected chi connectivity index (χ1v) is 39.0. The third-order valence-electron chi connectivity index (χ3n) is 21.8. The Morgan fingerprint density at radius 3 is 0.817 bits per heavy atom. The minimum Gasteiger partial charge on any atom is -0.310 e. The lowest BCUT2D eigenvalue weighted by Crippen LogP contribution is -2.13. The topological polar surface area (TPSA) is 6.48 Å². The zero-order valence-corrected chi connectivity index (χ0v) is 62.8. The molecule has 0 bridgehead atoms. The molecule has 0 heterocycles. The second kappa shape index (κ2) is 32.8. The molecule has 0 spiro atoms. The van der Waals surface area contributed by atoms with E-state index in [1.165, 1.54) is 221 Å². The van der Waals surface area contributed by atoms with E-state index in [2.05, 4.69) is 344 Å². The van der Waals surface area contributed by atoms with Crippen molar-refractivity contribution in [1.82, 2.24) is 0 Å². The average Bonchev–Trinajstić information content (AvgIpc) is 0.770. The molecule has 0 aliphatic carbocycles. The minimum absolute atomic E-state index is 1.11. The molecular weight excluding hydrogens is 1250 g/mol. The van der Waals surface area contributed by atoms with Crippen LogP contribution in [0.3, 0.4) is 0 Å². The van der Waals surface area contributed by atoms with E-state index in [0.717, 1.165) is 59.8 Å². The van der Waals surface area contributed by atoms with E-state index in [-0.39, 0.29) is 0 Å². The molecule has 0 saturated carbocycles. The van der Waals surface area contributed by atoms with Crippen molar-refractivity contribution in [2.75, 3.05) is 9.80 Å². The molecular formula is C102H102N2. The van der Waals surface area contributed by atoms with Gasteiger partial charge >= 0.3 is 0 Å². The summed E-state index contributed by atoms with van der Waals surface area (Å²) < 4.78 is 0. The molecule has 0 radical (unpaired) electrons. The molecule has 2 nitrogen and oxygen atoms in total. The molecule has 14 aromatic rings. The number of unbranched alkanes of at least 4 members (excludes halogenated alkanes) is 8. The van der Waals surface area contributed by atoms with Crippen LogP contribution < -0.4 is 9.80 Å². The van der Waals surface area contributed by atoms with E-state index in [9.17, 15) is 0 Å². The summed E-state index contributed by atoms with van der Waals surface area (Å²) in [4.78, 5) is 5.00. The first-order chi connectivity index (χ1) is 51.0. The summed E-state index contributed by atoms with van der Waals surface area (Å²) in [5, 5.41) is 7.21. The van der Waals surface area contributed by atoms with Gasteiger partial charge in [0.25, 0.3) is 0 Å². The first kappa shape index (κ1) is 70.5. The Balaban J connectivity index is 0.774. The summed E-state index contributed by atoms with van der Waals surface area (Å²) in [5.74, 6) is 0. The first-order valence-electron chi connectivity index (χ1n) is 39.0. The van der Waals surface area contributed by atoms with Crippen LogP contribution in [0.1, 0.15) is 149 Å². The molecule has 0 N–H and O–H groups in total. The van der Waals surface area contributed by atoms with Crippen LogP contribution in [0.4, 0.5) is 34.1 Å². The number of hydrogen-bond donors (Lipinski definition) is 0. The van der Waals surface area contributed by atoms with Crippen LogP contribution in [0.15, 0.2) is 279 Å². The Bertz CT molecular complexity index is 4920. The lowest BCUT2D eigenvalue weighted by Gasteiger charge is -2.31. The van der Waals surface area contributed by atoms with Gasteiger partial charge in [-0.05, 0) is 249 Å². The average molecular weight is 1360 g/mol. The van der Waals surface area contributed by atoms with E-state index in [0.29, 0.717) is 0 Å². The number of rotatable bonds is 28. The summed E-state index contributed by atoms with van der Waals surface area (Å²) in [6, 6.07) is 107. The maximum absolute atomic E-state index is 2.50. The molecule has 0 fully saturated rings. The second-order valence-corrected chi connectivity index (χ2v) is 29.4. The summed E-state index contributed by atoms with van der Waals surface area (Å²) in [7, 11) is 0. The lowest BCUT2D eigenvalue weighted by atomic mass is 9.91. The zero-order chi connectivity index (χ0) is 71.5. The molecule has 520 valence electrons. The third kappa shape index (κ3) is 15.5. The van der Waals surface area contributed by atoms with Gasteiger partial charge in [0.15, 0.2) is 0 Å². The van der Waals surface area contributed by atoms with Crippen LogP contribution in [0.25, 0.3) is 99.1 Å². The summed E-state index contributed by atoms with van der Waals surface area (Å²) in [5.41, 5.74) is 32.7. The summed E-state index contributed by atoms with van der Waals surface area (Å²) in [6.07, 6.45) is 19.6. The molecule has 14 rings (SSSR count). The van der Waals surface area contributed by atoms with Gasteiger partial charge in [0.1, 0.15) is 0 Å². The highest BCUT2D eigenvalue weighted by atomic mass is 15.2. The molecule has 0 atom stereocenters. The van der Waals surface area contributed by atoms with Crippen molar-refractivity contribution in [2.45, 2.75) is 158 Å². The van der Waals surface area contributed by atoms with Crippen LogP contribution in [0.5, 0.6) is 0 Å². The fourth-order valence-electron chi connectivity index (χ4n) is 16.0. The van der Waals surface area contributed by atoms with Crippen LogP contribution >= 0.6 is 0 Å². The van der Waals surface area contributed by atoms with E-state index in [1.807, 2.05) is 0 Å². The predicted molar refractivity (Wildman–Crippen MR) is 453 cm³/mol. The monoisotopic (exact) mass is 1350 g/mol. The van der Waals surface area contributed by atoms with Crippen LogP contribution in [0.2, 0.25) is 0 Å². The van der Waals surface area contributed by atoms with E-state index >= 15 is 0 Å². The molecule has 0 unspecified atom stereocenters. The van der Waals surface area contributed by atoms with Crippen molar-refractivity contribution in [3.8, 4) is 66.8 Å². The molecule has 0 amide bonds. The maximum atomic E-state index is 2.50. The molecule has 0 aliphatic rings. The van der Waals surface area contributed by atoms with E-state index in [1.54, 1.807) is 0 Å². The Hall–Kier alpha value is -10.5. The van der Waals surface area contributed by atoms with Gasteiger partial charge in [0.2, 0.25) is 0 Å². The summed E-state index contributed by atoms with van der Waals surface area (Å²) >= 11 is 0. The lowest BCUT2D eigenvalue weighted by molar-refractivity contribution is 0.712. The SMILES string of the molecule is CCCCCc1ccc(CCCCC)c(-c2ccc(-c3ccc(-c4ccc(N(c5ccc(C)cc5C)c5cc6c7ccccc7c(N(c7ccc(-c8ccc(-c9ccc(-c%10cc(CCCCC)ccc%10CCCCC)cc9)cc8)cc7)c7ccc(C)cc7C)cc6c6ccccc56)cc4)cc3)cc2)c1. The van der Waals surface area contributed by atoms with Crippen molar-refractivity contribution in [1.29, 1.82) is 0 Å².